The molecule has 0 bridgehead atoms. The van der Waals surface area contributed by atoms with Crippen LogP contribution in [0.1, 0.15) is 12.7 Å². The molecule has 1 N–H and O–H groups in total. The Kier molecular flexibility index (Phi) is 3.66. The van der Waals surface area contributed by atoms with Crippen molar-refractivity contribution in [3.63, 3.8) is 0 Å². The van der Waals surface area contributed by atoms with Gasteiger partial charge < -0.3 is 14.3 Å². The molecule has 122 valence electrons. The summed E-state index contributed by atoms with van der Waals surface area (Å²) in [5.41, 5.74) is 4.88. The summed E-state index contributed by atoms with van der Waals surface area (Å²) < 4.78 is 7.38. The van der Waals surface area contributed by atoms with E-state index in [1.807, 2.05) is 18.2 Å². The number of methoxy groups -OCH3 is 1. The Bertz CT molecular complexity index is 1040. The lowest BCUT2D eigenvalue weighted by Gasteiger charge is -2.05. The number of nitrogens with one attached hydrogen (secondary N) is 1. The van der Waals surface area contributed by atoms with Crippen LogP contribution in [0.3, 0.4) is 0 Å². The van der Waals surface area contributed by atoms with Crippen LogP contribution in [0.2, 0.25) is 5.28 Å². The summed E-state index contributed by atoms with van der Waals surface area (Å²) in [5.74, 6) is 0.902. The minimum Gasteiger partial charge on any atom is -0.377 e. The molecule has 0 atom stereocenters. The summed E-state index contributed by atoms with van der Waals surface area (Å²) in [5, 5.41) is 0.170. The maximum absolute atomic E-state index is 6.03. The van der Waals surface area contributed by atoms with Crippen molar-refractivity contribution in [2.24, 2.45) is 0 Å². The zero-order valence-electron chi connectivity index (χ0n) is 13.2. The molecule has 0 amide bonds. The van der Waals surface area contributed by atoms with E-state index in [2.05, 4.69) is 36.4 Å². The largest absolute Gasteiger partial charge is 0.377 e. The summed E-state index contributed by atoms with van der Waals surface area (Å²) in [7, 11) is 1.67. The van der Waals surface area contributed by atoms with Crippen LogP contribution in [0.5, 0.6) is 0 Å². The van der Waals surface area contributed by atoms with Crippen molar-refractivity contribution in [1.82, 2.24) is 29.5 Å². The number of aromatic nitrogens is 6. The van der Waals surface area contributed by atoms with Crippen LogP contribution in [0, 0.1) is 0 Å². The van der Waals surface area contributed by atoms with E-state index in [1.165, 1.54) is 0 Å². The lowest BCUT2D eigenvalue weighted by atomic mass is 10.1. The summed E-state index contributed by atoms with van der Waals surface area (Å²) in [4.78, 5) is 20.4. The number of hydrogen-bond donors (Lipinski definition) is 1. The van der Waals surface area contributed by atoms with Gasteiger partial charge in [0.2, 0.25) is 5.28 Å². The van der Waals surface area contributed by atoms with Crippen molar-refractivity contribution in [1.29, 1.82) is 0 Å². The standard InChI is InChI=1S/C16H15ClN6O/c1-3-23-11-5-4-9(6-10(11)20-12(23)7-24-2)13-14-15(19-8-18-14)22-16(17)21-13/h4-6,8H,3,7H2,1-2H3,(H,18,19,21,22). The first-order valence-corrected chi connectivity index (χ1v) is 7.94. The smallest absolute Gasteiger partial charge is 0.225 e. The summed E-state index contributed by atoms with van der Waals surface area (Å²) >= 11 is 6.03. The fourth-order valence-electron chi connectivity index (χ4n) is 2.93. The zero-order chi connectivity index (χ0) is 16.7. The average Bonchev–Trinajstić information content (AvgIpc) is 3.17. The molecule has 7 nitrogen and oxygen atoms in total. The highest BCUT2D eigenvalue weighted by Crippen LogP contribution is 2.28. The van der Waals surface area contributed by atoms with E-state index in [-0.39, 0.29) is 5.28 Å². The molecular formula is C16H15ClN6O. The molecule has 0 saturated heterocycles. The number of ether oxygens (including phenoxy) is 1. The third kappa shape index (κ3) is 2.33. The van der Waals surface area contributed by atoms with Gasteiger partial charge in [-0.2, -0.15) is 4.98 Å². The van der Waals surface area contributed by atoms with Gasteiger partial charge in [-0.05, 0) is 30.7 Å². The number of aryl methyl sites for hydroxylation is 1. The molecule has 1 aromatic carbocycles. The van der Waals surface area contributed by atoms with Gasteiger partial charge in [-0.25, -0.2) is 15.0 Å². The van der Waals surface area contributed by atoms with Crippen LogP contribution < -0.4 is 0 Å². The Balaban J connectivity index is 1.92. The van der Waals surface area contributed by atoms with Gasteiger partial charge >= 0.3 is 0 Å². The maximum atomic E-state index is 6.03. The highest BCUT2D eigenvalue weighted by atomic mass is 35.5. The van der Waals surface area contributed by atoms with Crippen LogP contribution >= 0.6 is 11.6 Å². The minimum absolute atomic E-state index is 0.170. The Morgan fingerprint density at radius 3 is 2.92 bits per heavy atom. The first-order chi connectivity index (χ1) is 11.7. The predicted molar refractivity (Wildman–Crippen MR) is 91.8 cm³/mol. The molecular weight excluding hydrogens is 328 g/mol. The van der Waals surface area contributed by atoms with Crippen molar-refractivity contribution in [2.45, 2.75) is 20.1 Å². The van der Waals surface area contributed by atoms with Gasteiger partial charge in [0.15, 0.2) is 5.65 Å². The third-order valence-electron chi connectivity index (χ3n) is 3.95. The zero-order valence-corrected chi connectivity index (χ0v) is 14.0. The topological polar surface area (TPSA) is 81.5 Å². The van der Waals surface area contributed by atoms with Crippen molar-refractivity contribution in [2.75, 3.05) is 7.11 Å². The predicted octanol–water partition coefficient (Wildman–Crippen LogP) is 3.19. The van der Waals surface area contributed by atoms with Gasteiger partial charge in [-0.1, -0.05) is 6.07 Å². The molecule has 24 heavy (non-hydrogen) atoms. The normalized spacial score (nSPS) is 11.6. The first-order valence-electron chi connectivity index (χ1n) is 7.56. The van der Waals surface area contributed by atoms with Gasteiger partial charge in [0, 0.05) is 19.2 Å². The quantitative estimate of drug-likeness (QED) is 0.576. The monoisotopic (exact) mass is 342 g/mol. The number of hydrogen-bond acceptors (Lipinski definition) is 5. The highest BCUT2D eigenvalue weighted by Gasteiger charge is 2.14. The molecule has 4 rings (SSSR count). The third-order valence-corrected chi connectivity index (χ3v) is 4.12. The molecule has 0 aliphatic carbocycles. The van der Waals surface area contributed by atoms with Gasteiger partial charge in [0.05, 0.1) is 17.4 Å². The first kappa shape index (κ1) is 15.0. The number of rotatable bonds is 4. The van der Waals surface area contributed by atoms with E-state index in [1.54, 1.807) is 13.4 Å². The highest BCUT2D eigenvalue weighted by molar-refractivity contribution is 6.28. The molecule has 0 spiro atoms. The van der Waals surface area contributed by atoms with Crippen LogP contribution in [-0.2, 0) is 17.9 Å². The van der Waals surface area contributed by atoms with Gasteiger partial charge in [0.25, 0.3) is 0 Å². The van der Waals surface area contributed by atoms with Crippen molar-refractivity contribution >= 4 is 33.8 Å². The van der Waals surface area contributed by atoms with Gasteiger partial charge in [0.1, 0.15) is 23.6 Å². The van der Waals surface area contributed by atoms with E-state index in [0.29, 0.717) is 17.9 Å². The van der Waals surface area contributed by atoms with Crippen molar-refractivity contribution in [3.05, 3.63) is 35.6 Å². The second-order valence-electron chi connectivity index (χ2n) is 5.35. The second-order valence-corrected chi connectivity index (χ2v) is 5.69. The fourth-order valence-corrected chi connectivity index (χ4v) is 3.10. The van der Waals surface area contributed by atoms with E-state index in [0.717, 1.165) is 34.5 Å². The molecule has 0 aliphatic rings. The van der Waals surface area contributed by atoms with E-state index < -0.39 is 0 Å². The Morgan fingerprint density at radius 2 is 2.12 bits per heavy atom. The van der Waals surface area contributed by atoms with Crippen LogP contribution in [0.15, 0.2) is 24.5 Å². The van der Waals surface area contributed by atoms with Gasteiger partial charge in [-0.3, -0.25) is 0 Å². The number of benzene rings is 1. The average molecular weight is 343 g/mol. The van der Waals surface area contributed by atoms with E-state index in [4.69, 9.17) is 16.3 Å². The lowest BCUT2D eigenvalue weighted by Crippen LogP contribution is -2.02. The Morgan fingerprint density at radius 1 is 1.25 bits per heavy atom. The molecule has 0 aliphatic heterocycles. The number of imidazole rings is 2. The molecule has 4 aromatic rings. The van der Waals surface area contributed by atoms with Gasteiger partial charge in [-0.15, -0.1) is 0 Å². The summed E-state index contributed by atoms with van der Waals surface area (Å²) in [6, 6.07) is 6.05. The molecule has 0 fully saturated rings. The molecule has 0 unspecified atom stereocenters. The Labute approximate surface area is 142 Å². The van der Waals surface area contributed by atoms with Crippen LogP contribution in [0.4, 0.5) is 0 Å². The van der Waals surface area contributed by atoms with Crippen molar-refractivity contribution < 1.29 is 4.74 Å². The van der Waals surface area contributed by atoms with Crippen LogP contribution in [-0.4, -0.2) is 36.6 Å². The number of fused-ring (bicyclic) bond motifs is 2. The molecule has 3 heterocycles. The number of H-pyrrole nitrogens is 1. The molecule has 0 saturated carbocycles. The maximum Gasteiger partial charge on any atom is 0.225 e. The lowest BCUT2D eigenvalue weighted by molar-refractivity contribution is 0.175. The fraction of sp³-hybridized carbons (Fsp3) is 0.250. The summed E-state index contributed by atoms with van der Waals surface area (Å²) in [6.45, 7) is 3.40. The minimum atomic E-state index is 0.170. The SMILES string of the molecule is CCn1c(COC)nc2cc(-c3nc(Cl)nc4nc[nH]c34)ccc21. The van der Waals surface area contributed by atoms with E-state index in [9.17, 15) is 0 Å². The van der Waals surface area contributed by atoms with Crippen LogP contribution in [0.25, 0.3) is 33.5 Å². The number of nitrogens with zero attached hydrogens (tertiary/aromatic N) is 5. The molecule has 0 radical (unpaired) electrons. The second kappa shape index (κ2) is 5.85. The molecule has 3 aromatic heterocycles. The number of halogens is 1. The molecule has 8 heteroatoms. The summed E-state index contributed by atoms with van der Waals surface area (Å²) in [6.07, 6.45) is 1.58. The van der Waals surface area contributed by atoms with E-state index >= 15 is 0 Å². The Hall–Kier alpha value is -2.51. The van der Waals surface area contributed by atoms with Crippen molar-refractivity contribution in [3.8, 4) is 11.3 Å². The number of aromatic amines is 1.